The van der Waals surface area contributed by atoms with Crippen LogP contribution in [0.1, 0.15) is 22.4 Å². The van der Waals surface area contributed by atoms with Gasteiger partial charge in [0.05, 0.1) is 17.8 Å². The third kappa shape index (κ3) is 3.21. The predicted octanol–water partition coefficient (Wildman–Crippen LogP) is 4.52. The highest BCUT2D eigenvalue weighted by Crippen LogP contribution is 2.25. The molecule has 0 unspecified atom stereocenters. The Hall–Kier alpha value is -3.65. The second-order valence-corrected chi connectivity index (χ2v) is 7.03. The molecule has 2 aromatic heterocycles. The van der Waals surface area contributed by atoms with Gasteiger partial charge in [-0.05, 0) is 36.6 Å². The molecule has 5 heteroatoms. The summed E-state index contributed by atoms with van der Waals surface area (Å²) in [5.41, 5.74) is 6.82. The van der Waals surface area contributed by atoms with Gasteiger partial charge in [-0.1, -0.05) is 42.5 Å². The quantitative estimate of drug-likeness (QED) is 0.532. The lowest BCUT2D eigenvalue weighted by atomic mass is 9.99. The van der Waals surface area contributed by atoms with Gasteiger partial charge in [0.1, 0.15) is 5.82 Å². The van der Waals surface area contributed by atoms with Crippen LogP contribution in [0, 0.1) is 25.2 Å². The molecule has 4 rings (SSSR count). The first-order valence-electron chi connectivity index (χ1n) is 9.18. The Labute approximate surface area is 164 Å². The zero-order valence-corrected chi connectivity index (χ0v) is 16.2. The van der Waals surface area contributed by atoms with Crippen molar-refractivity contribution in [2.24, 2.45) is 0 Å². The number of anilines is 1. The largest absolute Gasteiger partial charge is 0.355 e. The predicted molar refractivity (Wildman–Crippen MR) is 111 cm³/mol. The second kappa shape index (κ2) is 7.16. The minimum Gasteiger partial charge on any atom is -0.355 e. The molecule has 0 aliphatic heterocycles. The number of fused-ring (bicyclic) bond motifs is 1. The summed E-state index contributed by atoms with van der Waals surface area (Å²) in [6.07, 6.45) is 1.85. The second-order valence-electron chi connectivity index (χ2n) is 7.03. The maximum absolute atomic E-state index is 9.32. The Kier molecular flexibility index (Phi) is 4.54. The highest BCUT2D eigenvalue weighted by molar-refractivity contribution is 5.70. The van der Waals surface area contributed by atoms with E-state index in [-0.39, 0.29) is 0 Å². The minimum atomic E-state index is 0.691. The van der Waals surface area contributed by atoms with Gasteiger partial charge in [-0.15, -0.1) is 0 Å². The van der Waals surface area contributed by atoms with Gasteiger partial charge in [0.25, 0.3) is 0 Å². The summed E-state index contributed by atoms with van der Waals surface area (Å²) in [7, 11) is 2.06. The van der Waals surface area contributed by atoms with E-state index in [2.05, 4.69) is 58.4 Å². The number of hydrogen-bond acceptors (Lipinski definition) is 4. The molecule has 0 aliphatic carbocycles. The standard InChI is InChI=1S/C23H21N5/c1-16-14-25-28-22(12-17(2)26-23(16)28)27(3)15-18-8-10-19(11-9-18)21-7-5-4-6-20(21)13-24/h4-12,14H,15H2,1-3H3. The van der Waals surface area contributed by atoms with Crippen molar-refractivity contribution in [3.8, 4) is 17.2 Å². The first kappa shape index (κ1) is 17.7. The molecule has 28 heavy (non-hydrogen) atoms. The molecule has 138 valence electrons. The van der Waals surface area contributed by atoms with Crippen LogP contribution in [0.15, 0.2) is 60.8 Å². The molecular formula is C23H21N5. The maximum atomic E-state index is 9.32. The van der Waals surface area contributed by atoms with E-state index in [1.807, 2.05) is 48.8 Å². The molecule has 0 radical (unpaired) electrons. The molecule has 0 spiro atoms. The third-order valence-corrected chi connectivity index (χ3v) is 4.88. The number of benzene rings is 2. The van der Waals surface area contributed by atoms with Gasteiger partial charge >= 0.3 is 0 Å². The summed E-state index contributed by atoms with van der Waals surface area (Å²) in [5, 5.41) is 13.8. The van der Waals surface area contributed by atoms with E-state index in [0.29, 0.717) is 5.56 Å². The van der Waals surface area contributed by atoms with Gasteiger partial charge in [0.15, 0.2) is 5.65 Å². The van der Waals surface area contributed by atoms with Gasteiger partial charge in [0.2, 0.25) is 0 Å². The molecule has 5 nitrogen and oxygen atoms in total. The Morgan fingerprint density at radius 1 is 1.07 bits per heavy atom. The van der Waals surface area contributed by atoms with E-state index in [0.717, 1.165) is 40.4 Å². The number of nitrogens with zero attached hydrogens (tertiary/aromatic N) is 5. The fourth-order valence-electron chi connectivity index (χ4n) is 3.42. The van der Waals surface area contributed by atoms with Crippen molar-refractivity contribution in [1.29, 1.82) is 5.26 Å². The van der Waals surface area contributed by atoms with Gasteiger partial charge in [-0.25, -0.2) is 4.98 Å². The first-order valence-corrected chi connectivity index (χ1v) is 9.18. The molecule has 0 N–H and O–H groups in total. The molecule has 0 atom stereocenters. The minimum absolute atomic E-state index is 0.691. The molecular weight excluding hydrogens is 346 g/mol. The smallest absolute Gasteiger partial charge is 0.160 e. The van der Waals surface area contributed by atoms with Crippen molar-refractivity contribution < 1.29 is 0 Å². The first-order chi connectivity index (χ1) is 13.6. The third-order valence-electron chi connectivity index (χ3n) is 4.88. The number of rotatable bonds is 4. The monoisotopic (exact) mass is 367 g/mol. The van der Waals surface area contributed by atoms with E-state index in [4.69, 9.17) is 0 Å². The van der Waals surface area contributed by atoms with Crippen molar-refractivity contribution in [3.63, 3.8) is 0 Å². The Bertz CT molecular complexity index is 1180. The van der Waals surface area contributed by atoms with Crippen molar-refractivity contribution in [3.05, 3.63) is 83.2 Å². The SMILES string of the molecule is Cc1cc(N(C)Cc2ccc(-c3ccccc3C#N)cc2)n2ncc(C)c2n1. The van der Waals surface area contributed by atoms with Gasteiger partial charge in [-0.3, -0.25) is 0 Å². The molecule has 2 aromatic carbocycles. The van der Waals surface area contributed by atoms with E-state index in [1.165, 1.54) is 5.56 Å². The lowest BCUT2D eigenvalue weighted by Crippen LogP contribution is -2.20. The van der Waals surface area contributed by atoms with Crippen LogP contribution in [0.3, 0.4) is 0 Å². The normalized spacial score (nSPS) is 10.8. The van der Waals surface area contributed by atoms with Crippen LogP contribution < -0.4 is 4.90 Å². The summed E-state index contributed by atoms with van der Waals surface area (Å²) >= 11 is 0. The number of aromatic nitrogens is 3. The van der Waals surface area contributed by atoms with Crippen LogP contribution in [-0.2, 0) is 6.54 Å². The summed E-state index contributed by atoms with van der Waals surface area (Å²) < 4.78 is 1.89. The van der Waals surface area contributed by atoms with Crippen molar-refractivity contribution in [1.82, 2.24) is 14.6 Å². The van der Waals surface area contributed by atoms with E-state index in [1.54, 1.807) is 0 Å². The van der Waals surface area contributed by atoms with Crippen LogP contribution >= 0.6 is 0 Å². The Balaban J connectivity index is 1.61. The molecule has 0 fully saturated rings. The highest BCUT2D eigenvalue weighted by Gasteiger charge is 2.12. The lowest BCUT2D eigenvalue weighted by molar-refractivity contribution is 0.828. The van der Waals surface area contributed by atoms with Crippen LogP contribution in [0.5, 0.6) is 0 Å². The summed E-state index contributed by atoms with van der Waals surface area (Å²) in [6, 6.07) is 20.4. The van der Waals surface area contributed by atoms with Crippen molar-refractivity contribution >= 4 is 11.5 Å². The highest BCUT2D eigenvalue weighted by atomic mass is 15.3. The number of aryl methyl sites for hydroxylation is 2. The van der Waals surface area contributed by atoms with Crippen LogP contribution in [0.25, 0.3) is 16.8 Å². The van der Waals surface area contributed by atoms with Gasteiger partial charge in [-0.2, -0.15) is 14.9 Å². The zero-order chi connectivity index (χ0) is 19.7. The molecule has 0 amide bonds. The van der Waals surface area contributed by atoms with Crippen LogP contribution in [0.4, 0.5) is 5.82 Å². The van der Waals surface area contributed by atoms with Gasteiger partial charge < -0.3 is 4.90 Å². The maximum Gasteiger partial charge on any atom is 0.160 e. The molecule has 4 aromatic rings. The molecule has 0 aliphatic rings. The lowest BCUT2D eigenvalue weighted by Gasteiger charge is -2.21. The Morgan fingerprint density at radius 3 is 2.57 bits per heavy atom. The van der Waals surface area contributed by atoms with Crippen molar-refractivity contribution in [2.45, 2.75) is 20.4 Å². The molecule has 2 heterocycles. The van der Waals surface area contributed by atoms with Gasteiger partial charge in [0, 0.05) is 30.9 Å². The summed E-state index contributed by atoms with van der Waals surface area (Å²) in [5.74, 6) is 1.01. The Morgan fingerprint density at radius 2 is 1.82 bits per heavy atom. The molecule has 0 saturated carbocycles. The van der Waals surface area contributed by atoms with Crippen LogP contribution in [0.2, 0.25) is 0 Å². The summed E-state index contributed by atoms with van der Waals surface area (Å²) in [6.45, 7) is 4.78. The van der Waals surface area contributed by atoms with Crippen LogP contribution in [-0.4, -0.2) is 21.6 Å². The molecule has 0 saturated heterocycles. The fourth-order valence-corrected chi connectivity index (χ4v) is 3.42. The average molecular weight is 367 g/mol. The number of hydrogen-bond donors (Lipinski definition) is 0. The summed E-state index contributed by atoms with van der Waals surface area (Å²) in [4.78, 5) is 6.77. The van der Waals surface area contributed by atoms with E-state index in [9.17, 15) is 5.26 Å². The topological polar surface area (TPSA) is 57.2 Å². The number of nitriles is 1. The van der Waals surface area contributed by atoms with Crippen molar-refractivity contribution in [2.75, 3.05) is 11.9 Å². The zero-order valence-electron chi connectivity index (χ0n) is 16.2. The average Bonchev–Trinajstić information content (AvgIpc) is 3.08. The molecule has 0 bridgehead atoms. The van der Waals surface area contributed by atoms with E-state index >= 15 is 0 Å². The van der Waals surface area contributed by atoms with E-state index < -0.39 is 0 Å². The fraction of sp³-hybridized carbons (Fsp3) is 0.174.